The fraction of sp³-hybridized carbons (Fsp3) is 0.480. The number of carbonyl (C=O) groups is 1. The molecular formula is C25H30N2O. The third-order valence-corrected chi connectivity index (χ3v) is 7.02. The molecule has 0 aromatic heterocycles. The molecule has 2 saturated heterocycles. The van der Waals surface area contributed by atoms with Gasteiger partial charge in [0.15, 0.2) is 5.78 Å². The minimum atomic E-state index is 0.313. The van der Waals surface area contributed by atoms with Crippen molar-refractivity contribution >= 4 is 11.5 Å². The molecule has 3 heteroatoms. The van der Waals surface area contributed by atoms with Crippen LogP contribution < -0.4 is 4.90 Å². The Kier molecular flexibility index (Phi) is 4.72. The Labute approximate surface area is 168 Å². The molecule has 2 aromatic carbocycles. The van der Waals surface area contributed by atoms with Gasteiger partial charge in [-0.15, -0.1) is 0 Å². The van der Waals surface area contributed by atoms with Crippen molar-refractivity contribution in [1.82, 2.24) is 4.90 Å². The summed E-state index contributed by atoms with van der Waals surface area (Å²) in [5.41, 5.74) is 4.30. The highest BCUT2D eigenvalue weighted by molar-refractivity contribution is 5.82. The highest BCUT2D eigenvalue weighted by atomic mass is 16.1. The molecule has 0 bridgehead atoms. The van der Waals surface area contributed by atoms with E-state index < -0.39 is 0 Å². The van der Waals surface area contributed by atoms with Crippen molar-refractivity contribution in [3.63, 3.8) is 0 Å². The fourth-order valence-corrected chi connectivity index (χ4v) is 5.44. The number of benzene rings is 2. The highest BCUT2D eigenvalue weighted by Gasteiger charge is 2.60. The molecule has 3 aliphatic rings. The zero-order valence-electron chi connectivity index (χ0n) is 16.6. The molecule has 3 fully saturated rings. The third-order valence-electron chi connectivity index (χ3n) is 7.02. The Bertz CT molecular complexity index is 825. The monoisotopic (exact) mass is 374 g/mol. The normalized spacial score (nSPS) is 26.9. The summed E-state index contributed by atoms with van der Waals surface area (Å²) in [4.78, 5) is 17.4. The van der Waals surface area contributed by atoms with E-state index in [-0.39, 0.29) is 0 Å². The Hall–Kier alpha value is -2.13. The number of likely N-dealkylation sites (tertiary alicyclic amines) is 1. The first-order valence-corrected chi connectivity index (χ1v) is 10.9. The molecule has 28 heavy (non-hydrogen) atoms. The highest BCUT2D eigenvalue weighted by Crippen LogP contribution is 2.59. The van der Waals surface area contributed by atoms with Gasteiger partial charge in [0.05, 0.1) is 6.54 Å². The lowest BCUT2D eigenvalue weighted by Gasteiger charge is -2.29. The topological polar surface area (TPSA) is 23.6 Å². The number of Topliss-reactive ketones (excluding diaryl/α,β-unsaturated/α-hetero) is 1. The molecule has 2 atom stereocenters. The average molecular weight is 375 g/mol. The van der Waals surface area contributed by atoms with Gasteiger partial charge in [0.25, 0.3) is 0 Å². The predicted molar refractivity (Wildman–Crippen MR) is 114 cm³/mol. The van der Waals surface area contributed by atoms with Gasteiger partial charge in [0, 0.05) is 43.7 Å². The lowest BCUT2D eigenvalue weighted by Crippen LogP contribution is -2.32. The summed E-state index contributed by atoms with van der Waals surface area (Å²) in [6.07, 6.45) is 5.86. The number of fused-ring (bicyclic) bond motifs is 1. The van der Waals surface area contributed by atoms with Gasteiger partial charge in [0.2, 0.25) is 0 Å². The largest absolute Gasteiger partial charge is 0.372 e. The van der Waals surface area contributed by atoms with Gasteiger partial charge < -0.3 is 4.90 Å². The van der Waals surface area contributed by atoms with Crippen molar-refractivity contribution in [3.8, 4) is 0 Å². The first kappa shape index (κ1) is 17.9. The minimum Gasteiger partial charge on any atom is -0.372 e. The van der Waals surface area contributed by atoms with E-state index in [0.717, 1.165) is 24.6 Å². The minimum absolute atomic E-state index is 0.313. The quantitative estimate of drug-likeness (QED) is 0.762. The van der Waals surface area contributed by atoms with E-state index in [2.05, 4.69) is 34.1 Å². The average Bonchev–Trinajstić information content (AvgIpc) is 3.31. The van der Waals surface area contributed by atoms with Gasteiger partial charge in [0.1, 0.15) is 0 Å². The lowest BCUT2D eigenvalue weighted by molar-refractivity contribution is -0.119. The summed E-state index contributed by atoms with van der Waals surface area (Å²) >= 11 is 0. The van der Waals surface area contributed by atoms with Gasteiger partial charge in [-0.2, -0.15) is 0 Å². The molecule has 3 nitrogen and oxygen atoms in total. The van der Waals surface area contributed by atoms with Crippen LogP contribution in [0.1, 0.15) is 36.8 Å². The van der Waals surface area contributed by atoms with Crippen LogP contribution >= 0.6 is 0 Å². The smallest absolute Gasteiger partial charge is 0.151 e. The molecule has 2 heterocycles. The number of anilines is 1. The Morgan fingerprint density at radius 3 is 2.46 bits per heavy atom. The van der Waals surface area contributed by atoms with Gasteiger partial charge in [-0.3, -0.25) is 9.69 Å². The van der Waals surface area contributed by atoms with Crippen LogP contribution in [0.25, 0.3) is 0 Å². The number of nitrogens with zero attached hydrogens (tertiary/aromatic N) is 2. The van der Waals surface area contributed by atoms with E-state index in [4.69, 9.17) is 0 Å². The second-order valence-corrected chi connectivity index (χ2v) is 9.02. The number of rotatable bonds is 6. The van der Waals surface area contributed by atoms with Crippen LogP contribution in [-0.4, -0.2) is 43.4 Å². The maximum atomic E-state index is 12.5. The SMILES string of the molecule is O=C(Cc1ccccc1)CN1CC2CC2(c2ccc(N3CCCCC3)cc2)C1. The van der Waals surface area contributed by atoms with E-state index in [1.165, 1.54) is 50.0 Å². The van der Waals surface area contributed by atoms with Crippen LogP contribution in [0.15, 0.2) is 54.6 Å². The summed E-state index contributed by atoms with van der Waals surface area (Å²) < 4.78 is 0. The summed E-state index contributed by atoms with van der Waals surface area (Å²) in [7, 11) is 0. The first-order chi connectivity index (χ1) is 13.7. The van der Waals surface area contributed by atoms with Gasteiger partial charge in [-0.05, 0) is 54.9 Å². The molecule has 0 N–H and O–H groups in total. The number of carbonyl (C=O) groups excluding carboxylic acids is 1. The van der Waals surface area contributed by atoms with Gasteiger partial charge in [-0.1, -0.05) is 42.5 Å². The van der Waals surface area contributed by atoms with E-state index in [0.29, 0.717) is 24.2 Å². The van der Waals surface area contributed by atoms with Crippen LogP contribution in [0.4, 0.5) is 5.69 Å². The van der Waals surface area contributed by atoms with Crippen LogP contribution in [0.3, 0.4) is 0 Å². The van der Waals surface area contributed by atoms with E-state index in [9.17, 15) is 4.79 Å². The van der Waals surface area contributed by atoms with E-state index in [1.807, 2.05) is 30.3 Å². The summed E-state index contributed by atoms with van der Waals surface area (Å²) in [6, 6.07) is 19.5. The van der Waals surface area contributed by atoms with Crippen molar-refractivity contribution in [2.75, 3.05) is 37.6 Å². The van der Waals surface area contributed by atoms with E-state index in [1.54, 1.807) is 0 Å². The molecule has 0 spiro atoms. The predicted octanol–water partition coefficient (Wildman–Crippen LogP) is 4.06. The lowest BCUT2D eigenvalue weighted by atomic mass is 9.94. The van der Waals surface area contributed by atoms with Crippen molar-refractivity contribution in [1.29, 1.82) is 0 Å². The van der Waals surface area contributed by atoms with Crippen LogP contribution in [0.5, 0.6) is 0 Å². The van der Waals surface area contributed by atoms with Crippen molar-refractivity contribution < 1.29 is 4.79 Å². The maximum Gasteiger partial charge on any atom is 0.151 e. The van der Waals surface area contributed by atoms with Crippen LogP contribution in [0, 0.1) is 5.92 Å². The summed E-state index contributed by atoms with van der Waals surface area (Å²) in [5.74, 6) is 1.07. The zero-order chi connectivity index (χ0) is 19.0. The number of hydrogen-bond acceptors (Lipinski definition) is 3. The second kappa shape index (κ2) is 7.36. The van der Waals surface area contributed by atoms with Crippen LogP contribution in [-0.2, 0) is 16.6 Å². The number of piperidine rings is 2. The molecular weight excluding hydrogens is 344 g/mol. The van der Waals surface area contributed by atoms with Gasteiger partial charge >= 0.3 is 0 Å². The van der Waals surface area contributed by atoms with Crippen LogP contribution in [0.2, 0.25) is 0 Å². The molecule has 0 amide bonds. The molecule has 1 saturated carbocycles. The molecule has 2 aliphatic heterocycles. The summed E-state index contributed by atoms with van der Waals surface area (Å²) in [5, 5.41) is 0. The number of hydrogen-bond donors (Lipinski definition) is 0. The van der Waals surface area contributed by atoms with Crippen molar-refractivity contribution in [2.24, 2.45) is 5.92 Å². The molecule has 146 valence electrons. The molecule has 2 aromatic rings. The zero-order valence-corrected chi connectivity index (χ0v) is 16.6. The molecule has 2 unspecified atom stereocenters. The fourth-order valence-electron chi connectivity index (χ4n) is 5.44. The first-order valence-electron chi connectivity index (χ1n) is 10.9. The maximum absolute atomic E-state index is 12.5. The molecule has 5 rings (SSSR count). The van der Waals surface area contributed by atoms with E-state index >= 15 is 0 Å². The Morgan fingerprint density at radius 2 is 1.71 bits per heavy atom. The Balaban J connectivity index is 1.20. The standard InChI is InChI=1S/C25H30N2O/c28-24(15-20-7-3-1-4-8-20)18-26-17-22-16-25(22,19-26)21-9-11-23(12-10-21)27-13-5-2-6-14-27/h1,3-4,7-12,22H,2,5-6,13-19H2. The second-order valence-electron chi connectivity index (χ2n) is 9.02. The number of ketones is 1. The van der Waals surface area contributed by atoms with Crippen molar-refractivity contribution in [3.05, 3.63) is 65.7 Å². The summed E-state index contributed by atoms with van der Waals surface area (Å²) in [6.45, 7) is 5.11. The molecule has 1 aliphatic carbocycles. The molecule has 0 radical (unpaired) electrons. The third kappa shape index (κ3) is 3.48. The van der Waals surface area contributed by atoms with Crippen molar-refractivity contribution in [2.45, 2.75) is 37.5 Å². The Morgan fingerprint density at radius 1 is 0.964 bits per heavy atom. The van der Waals surface area contributed by atoms with Gasteiger partial charge in [-0.25, -0.2) is 0 Å².